The van der Waals surface area contributed by atoms with Crippen LogP contribution in [-0.2, 0) is 4.79 Å². The average molecular weight is 153 g/mol. The van der Waals surface area contributed by atoms with Gasteiger partial charge in [0.15, 0.2) is 0 Å². The average Bonchev–Trinajstić information content (AvgIpc) is 2.27. The highest BCUT2D eigenvalue weighted by molar-refractivity contribution is 5.85. The van der Waals surface area contributed by atoms with Crippen molar-refractivity contribution in [2.75, 3.05) is 0 Å². The molecule has 58 valence electrons. The zero-order valence-corrected chi connectivity index (χ0v) is 5.98. The normalized spacial score (nSPS) is 23.0. The minimum Gasteiger partial charge on any atom is -0.329 e. The van der Waals surface area contributed by atoms with Gasteiger partial charge >= 0.3 is 0 Å². The van der Waals surface area contributed by atoms with Crippen molar-refractivity contribution in [3.8, 4) is 0 Å². The van der Waals surface area contributed by atoms with Crippen LogP contribution in [0.3, 0.4) is 0 Å². The molecule has 1 aliphatic carbocycles. The van der Waals surface area contributed by atoms with Crippen LogP contribution < -0.4 is 5.32 Å². The van der Waals surface area contributed by atoms with Gasteiger partial charge in [-0.05, 0) is 18.1 Å². The fourth-order valence-electron chi connectivity index (χ4n) is 1.44. The van der Waals surface area contributed by atoms with Crippen LogP contribution in [-0.4, -0.2) is 5.91 Å². The fraction of sp³-hybridized carbons (Fsp3) is 0.375. The van der Waals surface area contributed by atoms with Gasteiger partial charge in [0, 0.05) is 12.1 Å². The summed E-state index contributed by atoms with van der Waals surface area (Å²) in [5, 5.41) is 2.71. The van der Waals surface area contributed by atoms with E-state index in [1.165, 1.54) is 6.08 Å². The number of amides is 1. The van der Waals surface area contributed by atoms with Gasteiger partial charge in [0.1, 0.15) is 5.83 Å². The third-order valence-corrected chi connectivity index (χ3v) is 1.97. The lowest BCUT2D eigenvalue weighted by Crippen LogP contribution is -2.15. The summed E-state index contributed by atoms with van der Waals surface area (Å²) in [6, 6.07) is 0. The van der Waals surface area contributed by atoms with Crippen molar-refractivity contribution in [2.24, 2.45) is 0 Å². The van der Waals surface area contributed by atoms with Gasteiger partial charge < -0.3 is 5.32 Å². The van der Waals surface area contributed by atoms with Crippen LogP contribution in [0.5, 0.6) is 0 Å². The van der Waals surface area contributed by atoms with Gasteiger partial charge in [-0.3, -0.25) is 4.79 Å². The zero-order chi connectivity index (χ0) is 7.84. The van der Waals surface area contributed by atoms with Crippen LogP contribution in [0, 0.1) is 0 Å². The summed E-state index contributed by atoms with van der Waals surface area (Å²) in [5.41, 5.74) is 1.75. The van der Waals surface area contributed by atoms with Crippen LogP contribution in [0.2, 0.25) is 0 Å². The van der Waals surface area contributed by atoms with Crippen molar-refractivity contribution >= 4 is 5.91 Å². The summed E-state index contributed by atoms with van der Waals surface area (Å²) in [4.78, 5) is 10.8. The van der Waals surface area contributed by atoms with Gasteiger partial charge in [0.25, 0.3) is 0 Å². The first kappa shape index (κ1) is 6.58. The van der Waals surface area contributed by atoms with Crippen molar-refractivity contribution in [2.45, 2.75) is 19.3 Å². The van der Waals surface area contributed by atoms with Gasteiger partial charge in [0.05, 0.1) is 6.42 Å². The summed E-state index contributed by atoms with van der Waals surface area (Å²) >= 11 is 0. The second kappa shape index (κ2) is 2.19. The molecule has 1 N–H and O–H groups in total. The molecule has 2 rings (SSSR count). The van der Waals surface area contributed by atoms with E-state index in [9.17, 15) is 9.18 Å². The topological polar surface area (TPSA) is 29.1 Å². The molecular weight excluding hydrogens is 145 g/mol. The molecule has 0 radical (unpaired) electrons. The third-order valence-electron chi connectivity index (χ3n) is 1.97. The van der Waals surface area contributed by atoms with Crippen molar-refractivity contribution in [3.05, 3.63) is 23.2 Å². The molecule has 0 aromatic heterocycles. The molecule has 0 aromatic rings. The number of allylic oxidation sites excluding steroid dienone is 3. The van der Waals surface area contributed by atoms with E-state index in [4.69, 9.17) is 0 Å². The van der Waals surface area contributed by atoms with E-state index in [0.29, 0.717) is 19.3 Å². The van der Waals surface area contributed by atoms with E-state index < -0.39 is 0 Å². The molecule has 3 heteroatoms. The van der Waals surface area contributed by atoms with Crippen molar-refractivity contribution in [1.82, 2.24) is 5.32 Å². The largest absolute Gasteiger partial charge is 0.329 e. The molecular formula is C8H8FNO. The molecule has 0 saturated heterocycles. The van der Waals surface area contributed by atoms with E-state index in [0.717, 1.165) is 11.3 Å². The summed E-state index contributed by atoms with van der Waals surface area (Å²) in [6.45, 7) is 0. The number of carbonyl (C=O) groups excluding carboxylic acids is 1. The Morgan fingerprint density at radius 2 is 2.27 bits per heavy atom. The number of hydrogen-bond acceptors (Lipinski definition) is 1. The highest BCUT2D eigenvalue weighted by Crippen LogP contribution is 2.28. The highest BCUT2D eigenvalue weighted by atomic mass is 19.1. The smallest absolute Gasteiger partial charge is 0.228 e. The molecule has 0 fully saturated rings. The number of hydrogen-bond donors (Lipinski definition) is 1. The summed E-state index contributed by atoms with van der Waals surface area (Å²) in [7, 11) is 0. The third kappa shape index (κ3) is 1.06. The number of halogens is 1. The Bertz CT molecular complexity index is 278. The van der Waals surface area contributed by atoms with E-state index in [1.807, 2.05) is 0 Å². The second-order valence-electron chi connectivity index (χ2n) is 2.82. The maximum atomic E-state index is 12.6. The molecule has 0 atom stereocenters. The van der Waals surface area contributed by atoms with Gasteiger partial charge in [-0.15, -0.1) is 0 Å². The Labute approximate surface area is 63.8 Å². The predicted octanol–water partition coefficient (Wildman–Crippen LogP) is 1.41. The SMILES string of the molecule is O=C1CC2=C(CCC(F)=C2)N1. The lowest BCUT2D eigenvalue weighted by Gasteiger charge is -2.08. The van der Waals surface area contributed by atoms with Crippen LogP contribution in [0.25, 0.3) is 0 Å². The van der Waals surface area contributed by atoms with E-state index >= 15 is 0 Å². The van der Waals surface area contributed by atoms with E-state index in [2.05, 4.69) is 5.32 Å². The van der Waals surface area contributed by atoms with Gasteiger partial charge in [-0.1, -0.05) is 0 Å². The Balaban J connectivity index is 2.30. The van der Waals surface area contributed by atoms with Crippen LogP contribution >= 0.6 is 0 Å². The van der Waals surface area contributed by atoms with E-state index in [-0.39, 0.29) is 11.7 Å². The van der Waals surface area contributed by atoms with Crippen LogP contribution in [0.4, 0.5) is 4.39 Å². The van der Waals surface area contributed by atoms with Crippen molar-refractivity contribution in [3.63, 3.8) is 0 Å². The van der Waals surface area contributed by atoms with Crippen molar-refractivity contribution < 1.29 is 9.18 Å². The Morgan fingerprint density at radius 1 is 1.45 bits per heavy atom. The molecule has 0 spiro atoms. The summed E-state index contributed by atoms with van der Waals surface area (Å²) in [5.74, 6) is -0.124. The lowest BCUT2D eigenvalue weighted by atomic mass is 10.0. The molecule has 1 amide bonds. The first-order chi connectivity index (χ1) is 5.25. The van der Waals surface area contributed by atoms with Gasteiger partial charge in [-0.2, -0.15) is 0 Å². The molecule has 11 heavy (non-hydrogen) atoms. The lowest BCUT2D eigenvalue weighted by molar-refractivity contribution is -0.118. The molecule has 1 aliphatic heterocycles. The molecule has 0 saturated carbocycles. The molecule has 1 heterocycles. The molecule has 2 aliphatic rings. The maximum absolute atomic E-state index is 12.6. The molecule has 0 aromatic carbocycles. The number of rotatable bonds is 0. The Kier molecular flexibility index (Phi) is 1.31. The monoisotopic (exact) mass is 153 g/mol. The number of carbonyl (C=O) groups is 1. The first-order valence-electron chi connectivity index (χ1n) is 3.63. The summed E-state index contributed by atoms with van der Waals surface area (Å²) < 4.78 is 12.6. The molecule has 2 nitrogen and oxygen atoms in total. The standard InChI is InChI=1S/C8H8FNO/c9-6-1-2-7-5(3-6)4-8(11)10-7/h3H,1-2,4H2,(H,10,11). The quantitative estimate of drug-likeness (QED) is 0.560. The van der Waals surface area contributed by atoms with Crippen molar-refractivity contribution in [1.29, 1.82) is 0 Å². The highest BCUT2D eigenvalue weighted by Gasteiger charge is 2.22. The number of nitrogens with one attached hydrogen (secondary N) is 1. The molecule has 0 unspecified atom stereocenters. The van der Waals surface area contributed by atoms with E-state index in [1.54, 1.807) is 0 Å². The zero-order valence-electron chi connectivity index (χ0n) is 5.98. The van der Waals surface area contributed by atoms with Gasteiger partial charge in [-0.25, -0.2) is 4.39 Å². The Hall–Kier alpha value is -1.12. The molecule has 0 bridgehead atoms. The maximum Gasteiger partial charge on any atom is 0.228 e. The van der Waals surface area contributed by atoms with Gasteiger partial charge in [0.2, 0.25) is 5.91 Å². The predicted molar refractivity (Wildman–Crippen MR) is 38.2 cm³/mol. The first-order valence-corrected chi connectivity index (χ1v) is 3.63. The fourth-order valence-corrected chi connectivity index (χ4v) is 1.44. The van der Waals surface area contributed by atoms with Crippen LogP contribution in [0.1, 0.15) is 19.3 Å². The second-order valence-corrected chi connectivity index (χ2v) is 2.82. The summed E-state index contributed by atoms with van der Waals surface area (Å²) in [6.07, 6.45) is 2.89. The Morgan fingerprint density at radius 3 is 3.09 bits per heavy atom. The van der Waals surface area contributed by atoms with Crippen LogP contribution in [0.15, 0.2) is 23.2 Å². The minimum absolute atomic E-state index is 0.0130. The minimum atomic E-state index is -0.111.